The summed E-state index contributed by atoms with van der Waals surface area (Å²) in [6.45, 7) is 0. The first kappa shape index (κ1) is 12.4. The van der Waals surface area contributed by atoms with E-state index in [0.29, 0.717) is 10.9 Å². The van der Waals surface area contributed by atoms with Gasteiger partial charge in [0.1, 0.15) is 0 Å². The zero-order chi connectivity index (χ0) is 12.6. The lowest BCUT2D eigenvalue weighted by atomic mass is 10.2. The van der Waals surface area contributed by atoms with Gasteiger partial charge in [-0.25, -0.2) is 4.98 Å². The third-order valence-corrected chi connectivity index (χ3v) is 2.75. The summed E-state index contributed by atoms with van der Waals surface area (Å²) in [5, 5.41) is 11.2. The lowest BCUT2D eigenvalue weighted by Gasteiger charge is -2.10. The number of nitro groups is 1. The summed E-state index contributed by atoms with van der Waals surface area (Å²) in [4.78, 5) is 14.3. The van der Waals surface area contributed by atoms with Crippen LogP contribution in [-0.4, -0.2) is 9.91 Å². The number of hydrogen-bond acceptors (Lipinski definition) is 3. The number of pyridine rings is 1. The molecule has 2 rings (SSSR count). The van der Waals surface area contributed by atoms with Gasteiger partial charge in [-0.3, -0.25) is 10.1 Å². The number of benzene rings is 1. The molecule has 0 amide bonds. The minimum Gasteiger partial charge on any atom is -0.258 e. The third kappa shape index (κ3) is 2.60. The Bertz CT molecular complexity index is 596. The molecule has 2 aromatic rings. The highest BCUT2D eigenvalue weighted by molar-refractivity contribution is 6.66. The molecule has 0 saturated carbocycles. The topological polar surface area (TPSA) is 56.0 Å². The average Bonchev–Trinajstić information content (AvgIpc) is 2.26. The van der Waals surface area contributed by atoms with Crippen LogP contribution in [0.3, 0.4) is 0 Å². The van der Waals surface area contributed by atoms with Gasteiger partial charge < -0.3 is 0 Å². The first-order valence-electron chi connectivity index (χ1n) is 4.50. The largest absolute Gasteiger partial charge is 0.270 e. The number of fused-ring (bicyclic) bond motifs is 1. The lowest BCUT2D eigenvalue weighted by Crippen LogP contribution is -2.03. The summed E-state index contributed by atoms with van der Waals surface area (Å²) in [7, 11) is 0. The molecule has 0 N–H and O–H groups in total. The smallest absolute Gasteiger partial charge is 0.258 e. The van der Waals surface area contributed by atoms with E-state index >= 15 is 0 Å². The maximum atomic E-state index is 10.6. The monoisotopic (exact) mass is 290 g/mol. The highest BCUT2D eigenvalue weighted by atomic mass is 35.6. The number of aromatic nitrogens is 1. The molecule has 1 heterocycles. The minimum atomic E-state index is -1.60. The van der Waals surface area contributed by atoms with Crippen LogP contribution in [0.25, 0.3) is 10.9 Å². The minimum absolute atomic E-state index is 0.000865. The summed E-state index contributed by atoms with van der Waals surface area (Å²) < 4.78 is -1.60. The van der Waals surface area contributed by atoms with Gasteiger partial charge in [0.05, 0.1) is 16.1 Å². The quantitative estimate of drug-likeness (QED) is 0.454. The number of nitro benzene ring substituents is 1. The van der Waals surface area contributed by atoms with E-state index in [1.54, 1.807) is 6.07 Å². The van der Waals surface area contributed by atoms with Crippen LogP contribution in [0.4, 0.5) is 5.69 Å². The summed E-state index contributed by atoms with van der Waals surface area (Å²) >= 11 is 17.1. The van der Waals surface area contributed by atoms with Crippen LogP contribution in [-0.2, 0) is 3.79 Å². The van der Waals surface area contributed by atoms with Gasteiger partial charge in [-0.05, 0) is 12.1 Å². The summed E-state index contributed by atoms with van der Waals surface area (Å²) in [6, 6.07) is 7.46. The van der Waals surface area contributed by atoms with Crippen LogP contribution in [0.5, 0.6) is 0 Å². The summed E-state index contributed by atoms with van der Waals surface area (Å²) in [5.74, 6) is 0. The molecule has 17 heavy (non-hydrogen) atoms. The van der Waals surface area contributed by atoms with Crippen LogP contribution in [0.15, 0.2) is 30.3 Å². The second kappa shape index (κ2) is 4.29. The molecule has 0 atom stereocenters. The number of non-ortho nitro benzene ring substituents is 1. The zero-order valence-corrected chi connectivity index (χ0v) is 10.5. The second-order valence-corrected chi connectivity index (χ2v) is 5.61. The van der Waals surface area contributed by atoms with Gasteiger partial charge in [-0.1, -0.05) is 40.9 Å². The molecule has 1 aromatic carbocycles. The van der Waals surface area contributed by atoms with E-state index in [9.17, 15) is 10.1 Å². The maximum Gasteiger partial charge on any atom is 0.270 e. The van der Waals surface area contributed by atoms with Crippen LogP contribution in [0, 0.1) is 10.1 Å². The summed E-state index contributed by atoms with van der Waals surface area (Å²) in [6.07, 6.45) is 0. The lowest BCUT2D eigenvalue weighted by molar-refractivity contribution is -0.384. The molecule has 0 unspecified atom stereocenters. The van der Waals surface area contributed by atoms with Crippen LogP contribution in [0.1, 0.15) is 5.69 Å². The van der Waals surface area contributed by atoms with E-state index in [1.165, 1.54) is 24.3 Å². The molecule has 0 aliphatic rings. The van der Waals surface area contributed by atoms with Crippen molar-refractivity contribution in [1.82, 2.24) is 4.98 Å². The molecule has 0 aliphatic carbocycles. The SMILES string of the molecule is O=[N+]([O-])c1ccc2nc(C(Cl)(Cl)Cl)ccc2c1. The summed E-state index contributed by atoms with van der Waals surface area (Å²) in [5.41, 5.74) is 0.823. The van der Waals surface area contributed by atoms with Gasteiger partial charge in [0.25, 0.3) is 5.69 Å². The van der Waals surface area contributed by atoms with Gasteiger partial charge >= 0.3 is 0 Å². The predicted molar refractivity (Wildman–Crippen MR) is 67.6 cm³/mol. The van der Waals surface area contributed by atoms with Gasteiger partial charge in [-0.2, -0.15) is 0 Å². The van der Waals surface area contributed by atoms with Crippen LogP contribution in [0.2, 0.25) is 0 Å². The normalized spacial score (nSPS) is 11.7. The van der Waals surface area contributed by atoms with E-state index in [-0.39, 0.29) is 11.4 Å². The number of halogens is 3. The van der Waals surface area contributed by atoms with Crippen molar-refractivity contribution in [1.29, 1.82) is 0 Å². The van der Waals surface area contributed by atoms with E-state index < -0.39 is 8.72 Å². The Hall–Kier alpha value is -1.10. The fourth-order valence-corrected chi connectivity index (χ4v) is 1.70. The molecule has 7 heteroatoms. The van der Waals surface area contributed by atoms with Crippen molar-refractivity contribution in [2.24, 2.45) is 0 Å². The first-order chi connectivity index (χ1) is 7.88. The number of alkyl halides is 3. The number of rotatable bonds is 1. The van der Waals surface area contributed by atoms with Gasteiger partial charge in [0, 0.05) is 17.5 Å². The van der Waals surface area contributed by atoms with E-state index in [1.807, 2.05) is 0 Å². The second-order valence-electron chi connectivity index (χ2n) is 3.33. The molecule has 0 fully saturated rings. The van der Waals surface area contributed by atoms with Crippen molar-refractivity contribution >= 4 is 51.4 Å². The molecule has 1 aromatic heterocycles. The molecule has 0 bridgehead atoms. The molecule has 88 valence electrons. The first-order valence-corrected chi connectivity index (χ1v) is 5.64. The molecule has 0 spiro atoms. The van der Waals surface area contributed by atoms with E-state index in [4.69, 9.17) is 34.8 Å². The highest BCUT2D eigenvalue weighted by Gasteiger charge is 2.24. The molecular formula is C10H5Cl3N2O2. The standard InChI is InChI=1S/C10H5Cl3N2O2/c11-10(12,13)9-4-1-6-5-7(15(16)17)2-3-8(6)14-9/h1-5H. The fourth-order valence-electron chi connectivity index (χ4n) is 1.38. The van der Waals surface area contributed by atoms with Gasteiger partial charge in [-0.15, -0.1) is 0 Å². The van der Waals surface area contributed by atoms with Crippen LogP contribution >= 0.6 is 34.8 Å². The molecule has 0 aliphatic heterocycles. The third-order valence-electron chi connectivity index (χ3n) is 2.17. The Kier molecular flexibility index (Phi) is 3.12. The maximum absolute atomic E-state index is 10.6. The van der Waals surface area contributed by atoms with Crippen molar-refractivity contribution in [3.63, 3.8) is 0 Å². The van der Waals surface area contributed by atoms with E-state index in [2.05, 4.69) is 4.98 Å². The van der Waals surface area contributed by atoms with Crippen molar-refractivity contribution in [3.05, 3.63) is 46.1 Å². The molecule has 0 saturated heterocycles. The van der Waals surface area contributed by atoms with Crippen LogP contribution < -0.4 is 0 Å². The Morgan fingerprint density at radius 1 is 1.18 bits per heavy atom. The Balaban J connectivity index is 2.58. The fraction of sp³-hybridized carbons (Fsp3) is 0.100. The van der Waals surface area contributed by atoms with Crippen molar-refractivity contribution < 1.29 is 4.92 Å². The molecule has 0 radical (unpaired) electrons. The van der Waals surface area contributed by atoms with Gasteiger partial charge in [0.2, 0.25) is 3.79 Å². The van der Waals surface area contributed by atoms with Crippen molar-refractivity contribution in [2.75, 3.05) is 0 Å². The molecule has 4 nitrogen and oxygen atoms in total. The van der Waals surface area contributed by atoms with E-state index in [0.717, 1.165) is 0 Å². The molecular weight excluding hydrogens is 286 g/mol. The number of nitrogens with zero attached hydrogens (tertiary/aromatic N) is 2. The Morgan fingerprint density at radius 2 is 1.88 bits per heavy atom. The Labute approximate surface area is 111 Å². The Morgan fingerprint density at radius 3 is 2.47 bits per heavy atom. The average molecular weight is 292 g/mol. The predicted octanol–water partition coefficient (Wildman–Crippen LogP) is 3.97. The zero-order valence-electron chi connectivity index (χ0n) is 8.23. The number of hydrogen-bond donors (Lipinski definition) is 0. The van der Waals surface area contributed by atoms with Gasteiger partial charge in [0.15, 0.2) is 0 Å². The highest BCUT2D eigenvalue weighted by Crippen LogP contribution is 2.37. The van der Waals surface area contributed by atoms with Crippen molar-refractivity contribution in [3.8, 4) is 0 Å². The van der Waals surface area contributed by atoms with Crippen molar-refractivity contribution in [2.45, 2.75) is 3.79 Å².